The van der Waals surface area contributed by atoms with Gasteiger partial charge in [0, 0.05) is 23.2 Å². The lowest BCUT2D eigenvalue weighted by molar-refractivity contribution is -0.123. The SMILES string of the molecule is C=CCNC(=O)c1ccc(NC(=O)C(C)(C)C)cc1. The number of rotatable bonds is 4. The molecule has 0 saturated heterocycles. The van der Waals surface area contributed by atoms with Gasteiger partial charge in [-0.3, -0.25) is 9.59 Å². The van der Waals surface area contributed by atoms with Gasteiger partial charge in [-0.05, 0) is 24.3 Å². The molecule has 0 fully saturated rings. The van der Waals surface area contributed by atoms with E-state index in [0.717, 1.165) is 0 Å². The van der Waals surface area contributed by atoms with Crippen molar-refractivity contribution in [3.8, 4) is 0 Å². The van der Waals surface area contributed by atoms with E-state index < -0.39 is 5.41 Å². The summed E-state index contributed by atoms with van der Waals surface area (Å²) in [5.74, 6) is -0.218. The molecule has 0 aromatic heterocycles. The number of carbonyl (C=O) groups excluding carboxylic acids is 2. The average Bonchev–Trinajstić information content (AvgIpc) is 2.35. The third-order valence-electron chi connectivity index (χ3n) is 2.49. The Balaban J connectivity index is 2.69. The summed E-state index contributed by atoms with van der Waals surface area (Å²) < 4.78 is 0. The summed E-state index contributed by atoms with van der Waals surface area (Å²) in [7, 11) is 0. The molecule has 0 aliphatic rings. The molecule has 0 atom stereocenters. The van der Waals surface area contributed by atoms with Crippen LogP contribution in [0.1, 0.15) is 31.1 Å². The molecule has 2 amide bonds. The zero-order valence-corrected chi connectivity index (χ0v) is 11.6. The van der Waals surface area contributed by atoms with E-state index in [2.05, 4.69) is 17.2 Å². The van der Waals surface area contributed by atoms with Gasteiger partial charge in [-0.15, -0.1) is 6.58 Å². The van der Waals surface area contributed by atoms with Gasteiger partial charge in [0.2, 0.25) is 5.91 Å². The number of hydrogen-bond acceptors (Lipinski definition) is 2. The van der Waals surface area contributed by atoms with E-state index in [0.29, 0.717) is 17.8 Å². The quantitative estimate of drug-likeness (QED) is 0.817. The van der Waals surface area contributed by atoms with Crippen LogP contribution in [-0.2, 0) is 4.79 Å². The summed E-state index contributed by atoms with van der Waals surface area (Å²) in [5, 5.41) is 5.49. The molecule has 0 saturated carbocycles. The van der Waals surface area contributed by atoms with Gasteiger partial charge in [0.1, 0.15) is 0 Å². The molecule has 1 aromatic carbocycles. The molecule has 0 bridgehead atoms. The summed E-state index contributed by atoms with van der Waals surface area (Å²) in [5.41, 5.74) is 0.788. The Bertz CT molecular complexity index is 470. The Kier molecular flexibility index (Phi) is 4.87. The lowest BCUT2D eigenvalue weighted by Gasteiger charge is -2.17. The molecule has 0 heterocycles. The van der Waals surface area contributed by atoms with Crippen molar-refractivity contribution in [1.29, 1.82) is 0 Å². The topological polar surface area (TPSA) is 58.2 Å². The minimum absolute atomic E-state index is 0.0589. The van der Waals surface area contributed by atoms with Crippen molar-refractivity contribution in [2.45, 2.75) is 20.8 Å². The first-order chi connectivity index (χ1) is 8.84. The van der Waals surface area contributed by atoms with Gasteiger partial charge in [-0.1, -0.05) is 26.8 Å². The molecule has 0 radical (unpaired) electrons. The first-order valence-electron chi connectivity index (χ1n) is 6.15. The van der Waals surface area contributed by atoms with Crippen molar-refractivity contribution in [1.82, 2.24) is 5.32 Å². The van der Waals surface area contributed by atoms with E-state index in [-0.39, 0.29) is 11.8 Å². The summed E-state index contributed by atoms with van der Waals surface area (Å²) in [6, 6.07) is 6.78. The van der Waals surface area contributed by atoms with E-state index >= 15 is 0 Å². The number of carbonyl (C=O) groups is 2. The van der Waals surface area contributed by atoms with Crippen molar-refractivity contribution in [3.63, 3.8) is 0 Å². The molecular formula is C15H20N2O2. The highest BCUT2D eigenvalue weighted by molar-refractivity contribution is 5.97. The van der Waals surface area contributed by atoms with Gasteiger partial charge < -0.3 is 10.6 Å². The third kappa shape index (κ3) is 4.58. The fourth-order valence-corrected chi connectivity index (χ4v) is 1.29. The first-order valence-corrected chi connectivity index (χ1v) is 6.15. The zero-order chi connectivity index (χ0) is 14.5. The maximum Gasteiger partial charge on any atom is 0.251 e. The predicted molar refractivity (Wildman–Crippen MR) is 77.1 cm³/mol. The molecule has 19 heavy (non-hydrogen) atoms. The summed E-state index contributed by atoms with van der Waals surface area (Å²) in [6.07, 6.45) is 1.62. The van der Waals surface area contributed by atoms with Crippen LogP contribution in [0, 0.1) is 5.41 Å². The molecule has 0 aliphatic carbocycles. The van der Waals surface area contributed by atoms with Crippen LogP contribution in [0.5, 0.6) is 0 Å². The van der Waals surface area contributed by atoms with E-state index in [1.165, 1.54) is 0 Å². The van der Waals surface area contributed by atoms with Crippen molar-refractivity contribution in [2.75, 3.05) is 11.9 Å². The normalized spacial score (nSPS) is 10.7. The van der Waals surface area contributed by atoms with E-state index in [1.807, 2.05) is 20.8 Å². The highest BCUT2D eigenvalue weighted by atomic mass is 16.2. The third-order valence-corrected chi connectivity index (χ3v) is 2.49. The molecule has 4 heteroatoms. The Labute approximate surface area is 113 Å². The largest absolute Gasteiger partial charge is 0.349 e. The van der Waals surface area contributed by atoms with Gasteiger partial charge in [0.05, 0.1) is 0 Å². The van der Waals surface area contributed by atoms with Crippen molar-refractivity contribution < 1.29 is 9.59 Å². The highest BCUT2D eigenvalue weighted by Crippen LogP contribution is 2.17. The first kappa shape index (κ1) is 15.0. The lowest BCUT2D eigenvalue weighted by atomic mass is 9.95. The molecule has 4 nitrogen and oxygen atoms in total. The Morgan fingerprint density at radius 1 is 1.21 bits per heavy atom. The predicted octanol–water partition coefficient (Wildman–Crippen LogP) is 2.59. The Morgan fingerprint density at radius 2 is 1.79 bits per heavy atom. The van der Waals surface area contributed by atoms with Crippen LogP contribution in [0.3, 0.4) is 0 Å². The van der Waals surface area contributed by atoms with Crippen molar-refractivity contribution >= 4 is 17.5 Å². The fourth-order valence-electron chi connectivity index (χ4n) is 1.29. The summed E-state index contributed by atoms with van der Waals surface area (Å²) in [4.78, 5) is 23.4. The highest BCUT2D eigenvalue weighted by Gasteiger charge is 2.21. The molecule has 102 valence electrons. The second-order valence-electron chi connectivity index (χ2n) is 5.28. The van der Waals surface area contributed by atoms with E-state index in [9.17, 15) is 9.59 Å². The minimum atomic E-state index is -0.444. The molecule has 0 aliphatic heterocycles. The van der Waals surface area contributed by atoms with Crippen LogP contribution >= 0.6 is 0 Å². The molecule has 1 rings (SSSR count). The van der Waals surface area contributed by atoms with Gasteiger partial charge in [0.15, 0.2) is 0 Å². The van der Waals surface area contributed by atoms with Crippen LogP contribution in [0.2, 0.25) is 0 Å². The minimum Gasteiger partial charge on any atom is -0.349 e. The summed E-state index contributed by atoms with van der Waals surface area (Å²) in [6.45, 7) is 9.51. The smallest absolute Gasteiger partial charge is 0.251 e. The van der Waals surface area contributed by atoms with Gasteiger partial charge in [-0.25, -0.2) is 0 Å². The second kappa shape index (κ2) is 6.18. The molecule has 1 aromatic rings. The molecular weight excluding hydrogens is 240 g/mol. The van der Waals surface area contributed by atoms with E-state index in [4.69, 9.17) is 0 Å². The van der Waals surface area contributed by atoms with Gasteiger partial charge in [0.25, 0.3) is 5.91 Å². The maximum absolute atomic E-state index is 11.8. The van der Waals surface area contributed by atoms with Crippen molar-refractivity contribution in [3.05, 3.63) is 42.5 Å². The monoisotopic (exact) mass is 260 g/mol. The molecule has 2 N–H and O–H groups in total. The van der Waals surface area contributed by atoms with Gasteiger partial charge >= 0.3 is 0 Å². The Hall–Kier alpha value is -2.10. The Morgan fingerprint density at radius 3 is 2.26 bits per heavy atom. The van der Waals surface area contributed by atoms with Crippen LogP contribution in [0.25, 0.3) is 0 Å². The van der Waals surface area contributed by atoms with Crippen molar-refractivity contribution in [2.24, 2.45) is 5.41 Å². The average molecular weight is 260 g/mol. The number of hydrogen-bond donors (Lipinski definition) is 2. The van der Waals surface area contributed by atoms with Crippen LogP contribution in [0.4, 0.5) is 5.69 Å². The number of nitrogens with one attached hydrogen (secondary N) is 2. The molecule has 0 spiro atoms. The zero-order valence-electron chi connectivity index (χ0n) is 11.6. The van der Waals surface area contributed by atoms with Crippen LogP contribution in [0.15, 0.2) is 36.9 Å². The van der Waals surface area contributed by atoms with Crippen LogP contribution in [-0.4, -0.2) is 18.4 Å². The van der Waals surface area contributed by atoms with Crippen LogP contribution < -0.4 is 10.6 Å². The lowest BCUT2D eigenvalue weighted by Crippen LogP contribution is -2.27. The standard InChI is InChI=1S/C15H20N2O2/c1-5-10-16-13(18)11-6-8-12(9-7-11)17-14(19)15(2,3)4/h5-9H,1,10H2,2-4H3,(H,16,18)(H,17,19). The number of benzene rings is 1. The summed E-state index contributed by atoms with van der Waals surface area (Å²) >= 11 is 0. The number of amides is 2. The molecule has 0 unspecified atom stereocenters. The van der Waals surface area contributed by atoms with Gasteiger partial charge in [-0.2, -0.15) is 0 Å². The number of anilines is 1. The van der Waals surface area contributed by atoms with E-state index in [1.54, 1.807) is 30.3 Å². The fraction of sp³-hybridized carbons (Fsp3) is 0.333. The maximum atomic E-state index is 11.8. The second-order valence-corrected chi connectivity index (χ2v) is 5.28.